The summed E-state index contributed by atoms with van der Waals surface area (Å²) >= 11 is 1.51. The van der Waals surface area contributed by atoms with Crippen molar-refractivity contribution in [2.24, 2.45) is 4.99 Å². The van der Waals surface area contributed by atoms with E-state index in [4.69, 9.17) is 33.4 Å². The Kier molecular flexibility index (Phi) is 6.87. The molecule has 4 rings (SSSR count). The van der Waals surface area contributed by atoms with Crippen molar-refractivity contribution >= 4 is 23.3 Å². The van der Waals surface area contributed by atoms with Crippen LogP contribution < -0.4 is 33.8 Å². The van der Waals surface area contributed by atoms with Crippen LogP contribution in [0.2, 0.25) is 0 Å². The van der Waals surface area contributed by atoms with Gasteiger partial charge in [-0.1, -0.05) is 11.8 Å². The third-order valence-corrected chi connectivity index (χ3v) is 5.99. The summed E-state index contributed by atoms with van der Waals surface area (Å²) in [6, 6.07) is 7.19. The molecule has 34 heavy (non-hydrogen) atoms. The molecule has 0 amide bonds. The van der Waals surface area contributed by atoms with Gasteiger partial charge >= 0.3 is 0 Å². The molecule has 0 saturated heterocycles. The molecule has 0 fully saturated rings. The second kappa shape index (κ2) is 10.00. The van der Waals surface area contributed by atoms with Gasteiger partial charge in [-0.2, -0.15) is 0 Å². The lowest BCUT2D eigenvalue weighted by Crippen LogP contribution is -2.30. The number of aromatic nitrogens is 3. The van der Waals surface area contributed by atoms with Crippen molar-refractivity contribution in [2.45, 2.75) is 5.16 Å². The maximum absolute atomic E-state index is 5.48. The fourth-order valence-electron chi connectivity index (χ4n) is 3.50. The molecule has 1 aromatic heterocycles. The average Bonchev–Trinajstić information content (AvgIpc) is 3.30. The zero-order chi connectivity index (χ0) is 24.2. The Hall–Kier alpha value is -3.80. The van der Waals surface area contributed by atoms with Crippen LogP contribution in [0.3, 0.4) is 0 Å². The minimum atomic E-state index is 0.499. The Balaban J connectivity index is 1.72. The molecular formula is C22H25N5O6S. The van der Waals surface area contributed by atoms with E-state index in [-0.39, 0.29) is 0 Å². The van der Waals surface area contributed by atoms with E-state index in [1.54, 1.807) is 59.5 Å². The summed E-state index contributed by atoms with van der Waals surface area (Å²) in [7, 11) is 9.38. The predicted molar refractivity (Wildman–Crippen MR) is 128 cm³/mol. The van der Waals surface area contributed by atoms with Crippen molar-refractivity contribution in [3.63, 3.8) is 0 Å². The number of amidine groups is 1. The zero-order valence-electron chi connectivity index (χ0n) is 19.7. The molecule has 1 aliphatic rings. The molecule has 0 radical (unpaired) electrons. The molecule has 2 aromatic carbocycles. The van der Waals surface area contributed by atoms with E-state index in [0.29, 0.717) is 62.8 Å². The summed E-state index contributed by atoms with van der Waals surface area (Å²) in [6.45, 7) is 0. The first-order chi connectivity index (χ1) is 16.6. The summed E-state index contributed by atoms with van der Waals surface area (Å²) in [6.07, 6.45) is 0. The summed E-state index contributed by atoms with van der Waals surface area (Å²) in [5.74, 6) is 4.92. The summed E-state index contributed by atoms with van der Waals surface area (Å²) in [4.78, 5) is 4.74. The minimum absolute atomic E-state index is 0.499. The van der Waals surface area contributed by atoms with Gasteiger partial charge in [-0.05, 0) is 12.1 Å². The molecule has 0 saturated carbocycles. The standard InChI is InChI=1S/C22H25N5O6S/c1-28-14-7-12(8-15(29-2)19(14)32-5)21-24-25-22-27(21)26-18(11-34-22)23-13-9-16(30-3)20(33-6)17(10-13)31-4/h7-10H,11H2,1-6H3,(H,23,26). The molecule has 2 heterocycles. The van der Waals surface area contributed by atoms with Crippen LogP contribution in [0.5, 0.6) is 34.5 Å². The van der Waals surface area contributed by atoms with Crippen molar-refractivity contribution < 1.29 is 28.4 Å². The fourth-order valence-corrected chi connectivity index (χ4v) is 4.26. The van der Waals surface area contributed by atoms with E-state index in [1.165, 1.54) is 11.8 Å². The SMILES string of the molecule is COc1cc(N=C2CSc3nnc(-c4cc(OC)c(OC)c(OC)c4)n3N2)cc(OC)c1OC. The molecule has 1 N–H and O–H groups in total. The Labute approximate surface area is 201 Å². The first kappa shape index (κ1) is 23.4. The average molecular weight is 488 g/mol. The van der Waals surface area contributed by atoms with Crippen molar-refractivity contribution in [1.29, 1.82) is 0 Å². The first-order valence-corrected chi connectivity index (χ1v) is 11.1. The number of methoxy groups -OCH3 is 6. The molecule has 12 heteroatoms. The minimum Gasteiger partial charge on any atom is -0.493 e. The van der Waals surface area contributed by atoms with Crippen LogP contribution in [-0.4, -0.2) is 69.1 Å². The van der Waals surface area contributed by atoms with Gasteiger partial charge < -0.3 is 28.4 Å². The molecule has 0 atom stereocenters. The number of nitrogens with zero attached hydrogens (tertiary/aromatic N) is 4. The Bertz CT molecular complexity index is 1180. The number of fused-ring (bicyclic) bond motifs is 1. The van der Waals surface area contributed by atoms with Gasteiger partial charge in [0.15, 0.2) is 28.8 Å². The quantitative estimate of drug-likeness (QED) is 0.508. The van der Waals surface area contributed by atoms with Crippen LogP contribution in [0.15, 0.2) is 34.4 Å². The summed E-state index contributed by atoms with van der Waals surface area (Å²) in [5, 5.41) is 9.36. The highest BCUT2D eigenvalue weighted by Crippen LogP contribution is 2.42. The monoisotopic (exact) mass is 487 g/mol. The maximum Gasteiger partial charge on any atom is 0.211 e. The molecular weight excluding hydrogens is 462 g/mol. The van der Waals surface area contributed by atoms with Gasteiger partial charge in [0.25, 0.3) is 0 Å². The molecule has 0 aliphatic carbocycles. The Morgan fingerprint density at radius 1 is 0.765 bits per heavy atom. The van der Waals surface area contributed by atoms with Crippen molar-refractivity contribution in [3.05, 3.63) is 24.3 Å². The number of ether oxygens (including phenoxy) is 6. The second-order valence-electron chi connectivity index (χ2n) is 6.90. The highest BCUT2D eigenvalue weighted by atomic mass is 32.2. The van der Waals surface area contributed by atoms with E-state index in [0.717, 1.165) is 5.56 Å². The van der Waals surface area contributed by atoms with E-state index in [1.807, 2.05) is 12.1 Å². The van der Waals surface area contributed by atoms with E-state index >= 15 is 0 Å². The topological polar surface area (TPSA) is 110 Å². The number of nitrogens with one attached hydrogen (secondary N) is 1. The van der Waals surface area contributed by atoms with E-state index in [9.17, 15) is 0 Å². The molecule has 0 unspecified atom stereocenters. The number of benzene rings is 2. The number of hydrogen-bond donors (Lipinski definition) is 1. The van der Waals surface area contributed by atoms with Crippen LogP contribution in [0.4, 0.5) is 5.69 Å². The smallest absolute Gasteiger partial charge is 0.211 e. The van der Waals surface area contributed by atoms with Crippen LogP contribution in [0.25, 0.3) is 11.4 Å². The maximum atomic E-state index is 5.48. The first-order valence-electron chi connectivity index (χ1n) is 10.1. The van der Waals surface area contributed by atoms with Gasteiger partial charge in [0.1, 0.15) is 5.84 Å². The van der Waals surface area contributed by atoms with E-state index in [2.05, 4.69) is 15.6 Å². The molecule has 3 aromatic rings. The van der Waals surface area contributed by atoms with Gasteiger partial charge in [-0.15, -0.1) is 10.2 Å². The third-order valence-electron chi connectivity index (χ3n) is 5.05. The van der Waals surface area contributed by atoms with Crippen molar-refractivity contribution in [1.82, 2.24) is 14.9 Å². The van der Waals surface area contributed by atoms with Gasteiger partial charge in [0, 0.05) is 17.7 Å². The molecule has 11 nitrogen and oxygen atoms in total. The predicted octanol–water partition coefficient (Wildman–Crippen LogP) is 3.38. The Morgan fingerprint density at radius 3 is 1.79 bits per heavy atom. The normalized spacial score (nSPS) is 13.6. The van der Waals surface area contributed by atoms with Gasteiger partial charge in [-0.3, -0.25) is 5.43 Å². The number of hydrogen-bond acceptors (Lipinski definition) is 10. The molecule has 0 bridgehead atoms. The van der Waals surface area contributed by atoms with Crippen LogP contribution >= 0.6 is 11.8 Å². The molecule has 180 valence electrons. The largest absolute Gasteiger partial charge is 0.493 e. The lowest BCUT2D eigenvalue weighted by molar-refractivity contribution is 0.324. The third kappa shape index (κ3) is 4.23. The van der Waals surface area contributed by atoms with Gasteiger partial charge in [0.05, 0.1) is 54.1 Å². The lowest BCUT2D eigenvalue weighted by Gasteiger charge is -2.20. The number of thioether (sulfide) groups is 1. The van der Waals surface area contributed by atoms with Gasteiger partial charge in [-0.25, -0.2) is 9.67 Å². The van der Waals surface area contributed by atoms with Gasteiger partial charge in [0.2, 0.25) is 16.7 Å². The van der Waals surface area contributed by atoms with Crippen molar-refractivity contribution in [2.75, 3.05) is 53.8 Å². The highest BCUT2D eigenvalue weighted by molar-refractivity contribution is 7.99. The highest BCUT2D eigenvalue weighted by Gasteiger charge is 2.24. The lowest BCUT2D eigenvalue weighted by atomic mass is 10.1. The van der Waals surface area contributed by atoms with E-state index < -0.39 is 0 Å². The number of aliphatic imine (C=N–C) groups is 1. The second-order valence-corrected chi connectivity index (χ2v) is 7.84. The zero-order valence-corrected chi connectivity index (χ0v) is 20.5. The molecule has 1 aliphatic heterocycles. The number of rotatable bonds is 8. The van der Waals surface area contributed by atoms with Crippen LogP contribution in [0, 0.1) is 0 Å². The Morgan fingerprint density at radius 2 is 1.29 bits per heavy atom. The van der Waals surface area contributed by atoms with Crippen LogP contribution in [0.1, 0.15) is 0 Å². The summed E-state index contributed by atoms with van der Waals surface area (Å²) < 4.78 is 34.4. The summed E-state index contributed by atoms with van der Waals surface area (Å²) in [5.41, 5.74) is 4.67. The fraction of sp³-hybridized carbons (Fsp3) is 0.318. The molecule has 0 spiro atoms. The van der Waals surface area contributed by atoms with Crippen LogP contribution in [-0.2, 0) is 0 Å². The van der Waals surface area contributed by atoms with Crippen molar-refractivity contribution in [3.8, 4) is 45.9 Å².